The van der Waals surface area contributed by atoms with Crippen LogP contribution in [0.2, 0.25) is 5.15 Å². The van der Waals surface area contributed by atoms with Crippen LogP contribution < -0.4 is 10.1 Å². The van der Waals surface area contributed by atoms with Crippen LogP contribution in [0.3, 0.4) is 0 Å². The van der Waals surface area contributed by atoms with Gasteiger partial charge in [0.05, 0.1) is 25.4 Å². The summed E-state index contributed by atoms with van der Waals surface area (Å²) in [5, 5.41) is 25.7. The summed E-state index contributed by atoms with van der Waals surface area (Å²) < 4.78 is 54.2. The van der Waals surface area contributed by atoms with E-state index < -0.39 is 18.2 Å². The van der Waals surface area contributed by atoms with Crippen LogP contribution >= 0.6 is 11.6 Å². The number of carboxylic acids is 1. The molecule has 0 aliphatic carbocycles. The van der Waals surface area contributed by atoms with Gasteiger partial charge >= 0.3 is 12.1 Å². The van der Waals surface area contributed by atoms with Crippen LogP contribution in [0.1, 0.15) is 30.1 Å². The molecule has 4 aromatic rings. The molecule has 10 nitrogen and oxygen atoms in total. The molecule has 1 aliphatic heterocycles. The summed E-state index contributed by atoms with van der Waals surface area (Å²) in [6.45, 7) is 0.353. The summed E-state index contributed by atoms with van der Waals surface area (Å²) in [4.78, 5) is 17.7. The highest BCUT2D eigenvalue weighted by Gasteiger charge is 2.38. The number of anilines is 2. The lowest BCUT2D eigenvalue weighted by Gasteiger charge is -2.14. The SMILES string of the molecule is COc1cc(Nc2nc3n(n2)C[C@H](O)CC[C@@H]3c2ccc(F)cc2)ccc1-n1cnc(Cl)c1.O=C(O)C(F)(F)F. The number of aliphatic hydroxyl groups is 1. The molecule has 5 rings (SSSR count). The number of hydrogen-bond donors (Lipinski definition) is 3. The Hall–Kier alpha value is -4.17. The summed E-state index contributed by atoms with van der Waals surface area (Å²) in [5.74, 6) is -1.37. The molecule has 0 saturated heterocycles. The highest BCUT2D eigenvalue weighted by atomic mass is 35.5. The predicted octanol–water partition coefficient (Wildman–Crippen LogP) is 4.93. The highest BCUT2D eigenvalue weighted by Crippen LogP contribution is 2.33. The monoisotopic (exact) mass is 582 g/mol. The molecule has 0 unspecified atom stereocenters. The average Bonchev–Trinajstić information content (AvgIpc) is 3.46. The number of ether oxygens (including phenoxy) is 1. The molecule has 15 heteroatoms. The van der Waals surface area contributed by atoms with Crippen molar-refractivity contribution < 1.29 is 37.3 Å². The molecule has 0 radical (unpaired) electrons. The minimum Gasteiger partial charge on any atom is -0.494 e. The Morgan fingerprint density at radius 3 is 2.48 bits per heavy atom. The molecule has 2 aromatic carbocycles. The number of carboxylic acid groups (broad SMARTS) is 1. The molecular formula is C25H23ClF4N6O4. The number of nitrogens with one attached hydrogen (secondary N) is 1. The van der Waals surface area contributed by atoms with Crippen molar-refractivity contribution in [3.05, 3.63) is 77.3 Å². The molecule has 0 amide bonds. The van der Waals surface area contributed by atoms with E-state index in [1.807, 2.05) is 18.2 Å². The van der Waals surface area contributed by atoms with Crippen molar-refractivity contribution in [2.45, 2.75) is 37.6 Å². The molecule has 212 valence electrons. The van der Waals surface area contributed by atoms with Crippen LogP contribution in [0, 0.1) is 5.82 Å². The van der Waals surface area contributed by atoms with Gasteiger partial charge in [0.15, 0.2) is 0 Å². The Kier molecular flexibility index (Phi) is 8.59. The number of aliphatic hydroxyl groups excluding tert-OH is 1. The summed E-state index contributed by atoms with van der Waals surface area (Å²) in [6, 6.07) is 12.0. The van der Waals surface area contributed by atoms with Gasteiger partial charge in [0.25, 0.3) is 0 Å². The van der Waals surface area contributed by atoms with Crippen LogP contribution in [0.5, 0.6) is 5.75 Å². The van der Waals surface area contributed by atoms with E-state index in [2.05, 4.69) is 15.4 Å². The lowest BCUT2D eigenvalue weighted by atomic mass is 9.93. The summed E-state index contributed by atoms with van der Waals surface area (Å²) in [6.07, 6.45) is -0.984. The average molecular weight is 583 g/mol. The third-order valence-electron chi connectivity index (χ3n) is 5.96. The molecule has 2 aromatic heterocycles. The zero-order valence-corrected chi connectivity index (χ0v) is 21.6. The van der Waals surface area contributed by atoms with E-state index in [0.29, 0.717) is 36.2 Å². The Bertz CT molecular complexity index is 1470. The van der Waals surface area contributed by atoms with E-state index in [1.165, 1.54) is 12.1 Å². The van der Waals surface area contributed by atoms with Crippen LogP contribution in [0.15, 0.2) is 55.0 Å². The quantitative estimate of drug-likeness (QED) is 0.283. The lowest BCUT2D eigenvalue weighted by molar-refractivity contribution is -0.192. The number of carbonyl (C=O) groups is 1. The van der Waals surface area contributed by atoms with Crippen molar-refractivity contribution in [2.75, 3.05) is 12.4 Å². The van der Waals surface area contributed by atoms with E-state index in [4.69, 9.17) is 31.2 Å². The first-order valence-electron chi connectivity index (χ1n) is 11.8. The van der Waals surface area contributed by atoms with Gasteiger partial charge in [-0.1, -0.05) is 23.7 Å². The molecule has 3 N–H and O–H groups in total. The van der Waals surface area contributed by atoms with Crippen molar-refractivity contribution >= 4 is 29.2 Å². The van der Waals surface area contributed by atoms with Crippen LogP contribution in [0.25, 0.3) is 5.69 Å². The zero-order chi connectivity index (χ0) is 29.0. The van der Waals surface area contributed by atoms with Gasteiger partial charge in [-0.3, -0.25) is 0 Å². The molecular weight excluding hydrogens is 560 g/mol. The van der Waals surface area contributed by atoms with E-state index in [9.17, 15) is 22.7 Å². The number of fused-ring (bicyclic) bond motifs is 1. The molecule has 0 saturated carbocycles. The second-order valence-corrected chi connectivity index (χ2v) is 9.12. The van der Waals surface area contributed by atoms with Gasteiger partial charge in [0.1, 0.15) is 28.9 Å². The lowest BCUT2D eigenvalue weighted by Crippen LogP contribution is -2.21. The van der Waals surface area contributed by atoms with Gasteiger partial charge in [-0.05, 0) is 42.7 Å². The minimum absolute atomic E-state index is 0.0892. The molecule has 40 heavy (non-hydrogen) atoms. The summed E-state index contributed by atoms with van der Waals surface area (Å²) >= 11 is 5.94. The zero-order valence-electron chi connectivity index (χ0n) is 20.8. The maximum absolute atomic E-state index is 13.4. The maximum Gasteiger partial charge on any atom is 0.490 e. The van der Waals surface area contributed by atoms with Crippen LogP contribution in [0.4, 0.5) is 29.2 Å². The Morgan fingerprint density at radius 1 is 1.18 bits per heavy atom. The summed E-state index contributed by atoms with van der Waals surface area (Å²) in [7, 11) is 1.59. The topological polar surface area (TPSA) is 127 Å². The third-order valence-corrected chi connectivity index (χ3v) is 6.16. The van der Waals surface area contributed by atoms with Gasteiger partial charge in [-0.15, -0.1) is 5.10 Å². The van der Waals surface area contributed by atoms with E-state index in [0.717, 1.165) is 22.8 Å². The van der Waals surface area contributed by atoms with Crippen molar-refractivity contribution in [2.24, 2.45) is 0 Å². The van der Waals surface area contributed by atoms with Gasteiger partial charge in [0, 0.05) is 23.9 Å². The first-order valence-corrected chi connectivity index (χ1v) is 12.2. The number of halogens is 5. The fourth-order valence-corrected chi connectivity index (χ4v) is 4.27. The minimum atomic E-state index is -5.08. The maximum atomic E-state index is 13.4. The van der Waals surface area contributed by atoms with E-state index in [-0.39, 0.29) is 11.7 Å². The molecule has 0 spiro atoms. The smallest absolute Gasteiger partial charge is 0.490 e. The van der Waals surface area contributed by atoms with E-state index in [1.54, 1.807) is 41.0 Å². The first kappa shape index (κ1) is 28.8. The van der Waals surface area contributed by atoms with Gasteiger partial charge in [-0.25, -0.2) is 18.9 Å². The second-order valence-electron chi connectivity index (χ2n) is 8.73. The van der Waals surface area contributed by atoms with Crippen LogP contribution in [-0.4, -0.2) is 59.9 Å². The van der Waals surface area contributed by atoms with Crippen molar-refractivity contribution in [3.8, 4) is 11.4 Å². The number of alkyl halides is 3. The van der Waals surface area contributed by atoms with Gasteiger partial charge < -0.3 is 24.8 Å². The largest absolute Gasteiger partial charge is 0.494 e. The van der Waals surface area contributed by atoms with Crippen molar-refractivity contribution in [1.82, 2.24) is 24.3 Å². The van der Waals surface area contributed by atoms with Crippen molar-refractivity contribution in [1.29, 1.82) is 0 Å². The number of nitrogens with zero attached hydrogens (tertiary/aromatic N) is 5. The van der Waals surface area contributed by atoms with Crippen molar-refractivity contribution in [3.63, 3.8) is 0 Å². The fourth-order valence-electron chi connectivity index (χ4n) is 4.12. The Balaban J connectivity index is 0.000000470. The third kappa shape index (κ3) is 6.87. The number of rotatable bonds is 5. The second kappa shape index (κ2) is 11.9. The van der Waals surface area contributed by atoms with Gasteiger partial charge in [0.2, 0.25) is 5.95 Å². The van der Waals surface area contributed by atoms with E-state index >= 15 is 0 Å². The standard InChI is InChI=1S/C23H22ClFN6O2.C2HF3O2/c1-33-20-10-16(6-9-19(20)30-12-21(24)26-13-30)27-23-28-22-18(14-2-4-15(25)5-3-14)8-7-17(32)11-31(22)29-23;3-2(4,5)1(6)7/h2-6,9-10,12-13,17-18,32H,7-8,11H2,1H3,(H,27,29);(H,6,7)/t17-,18-;/m1./s1. The Morgan fingerprint density at radius 2 is 1.88 bits per heavy atom. The number of hydrogen-bond acceptors (Lipinski definition) is 7. The normalized spacial score (nSPS) is 16.8. The predicted molar refractivity (Wildman–Crippen MR) is 136 cm³/mol. The number of methoxy groups -OCH3 is 1. The number of aliphatic carboxylic acids is 1. The molecule has 0 bridgehead atoms. The molecule has 0 fully saturated rings. The first-order chi connectivity index (χ1) is 18.9. The molecule has 3 heterocycles. The number of aromatic nitrogens is 5. The van der Waals surface area contributed by atoms with Crippen LogP contribution in [-0.2, 0) is 11.3 Å². The fraction of sp³-hybridized carbons (Fsp3) is 0.280. The van der Waals surface area contributed by atoms with Gasteiger partial charge in [-0.2, -0.15) is 18.2 Å². The highest BCUT2D eigenvalue weighted by molar-refractivity contribution is 6.29. The number of benzene rings is 2. The number of imidazole rings is 1. The molecule has 2 atom stereocenters. The summed E-state index contributed by atoms with van der Waals surface area (Å²) in [5.41, 5.74) is 2.47. The molecule has 1 aliphatic rings. The Labute approximate surface area is 229 Å².